The fraction of sp³-hybridized carbons (Fsp3) is 0.0556. The molecule has 3 rings (SSSR count). The van der Waals surface area contributed by atoms with E-state index in [0.29, 0.717) is 16.9 Å². The largest absolute Gasteiger partial charge is 0.341 e. The van der Waals surface area contributed by atoms with Crippen molar-refractivity contribution in [3.8, 4) is 5.69 Å². The van der Waals surface area contributed by atoms with Crippen LogP contribution in [0.15, 0.2) is 67.0 Å². The molecule has 0 fully saturated rings. The van der Waals surface area contributed by atoms with Gasteiger partial charge >= 0.3 is 6.03 Å². The van der Waals surface area contributed by atoms with E-state index in [0.717, 1.165) is 5.69 Å². The van der Waals surface area contributed by atoms with E-state index in [1.54, 1.807) is 35.1 Å². The molecule has 0 aliphatic heterocycles. The molecule has 0 aliphatic carbocycles. The number of nitrogens with one attached hydrogen (secondary N) is 3. The van der Waals surface area contributed by atoms with Crippen molar-refractivity contribution in [3.63, 3.8) is 0 Å². The van der Waals surface area contributed by atoms with E-state index in [1.807, 2.05) is 30.3 Å². The van der Waals surface area contributed by atoms with Crippen LogP contribution in [0.1, 0.15) is 10.4 Å². The van der Waals surface area contributed by atoms with Gasteiger partial charge in [-0.05, 0) is 30.3 Å². The van der Waals surface area contributed by atoms with Gasteiger partial charge in [0.2, 0.25) is 0 Å². The van der Waals surface area contributed by atoms with E-state index in [4.69, 9.17) is 0 Å². The standard InChI is InChI=1S/C18H17N5O2/c1-19-18(25)22-15-7-5-6-14(10-15)21-17(24)13-11-20-23(12-13)16-8-3-2-4-9-16/h2-12H,1H3,(H,21,24)(H2,19,22,25). The van der Waals surface area contributed by atoms with Gasteiger partial charge in [0.1, 0.15) is 0 Å². The zero-order valence-electron chi connectivity index (χ0n) is 13.6. The smallest absolute Gasteiger partial charge is 0.318 e. The Hall–Kier alpha value is -3.61. The van der Waals surface area contributed by atoms with Gasteiger partial charge in [-0.3, -0.25) is 4.79 Å². The molecule has 7 nitrogen and oxygen atoms in total. The zero-order chi connectivity index (χ0) is 17.6. The van der Waals surface area contributed by atoms with Crippen molar-refractivity contribution in [2.75, 3.05) is 17.7 Å². The van der Waals surface area contributed by atoms with E-state index in [9.17, 15) is 9.59 Å². The lowest BCUT2D eigenvalue weighted by molar-refractivity contribution is 0.102. The van der Waals surface area contributed by atoms with Crippen molar-refractivity contribution >= 4 is 23.3 Å². The Labute approximate surface area is 144 Å². The number of urea groups is 1. The molecule has 126 valence electrons. The van der Waals surface area contributed by atoms with E-state index in [1.165, 1.54) is 13.2 Å². The number of hydrogen-bond acceptors (Lipinski definition) is 3. The first-order valence-corrected chi connectivity index (χ1v) is 7.66. The molecule has 3 aromatic rings. The van der Waals surface area contributed by atoms with Crippen LogP contribution in [0.5, 0.6) is 0 Å². The molecule has 0 atom stereocenters. The van der Waals surface area contributed by atoms with Gasteiger partial charge in [-0.25, -0.2) is 9.48 Å². The number of amides is 3. The molecule has 3 N–H and O–H groups in total. The topological polar surface area (TPSA) is 88.1 Å². The van der Waals surface area contributed by atoms with Crippen LogP contribution in [0.4, 0.5) is 16.2 Å². The maximum absolute atomic E-state index is 12.4. The zero-order valence-corrected chi connectivity index (χ0v) is 13.6. The van der Waals surface area contributed by atoms with Crippen LogP contribution < -0.4 is 16.0 Å². The molecule has 0 spiro atoms. The number of rotatable bonds is 4. The maximum atomic E-state index is 12.4. The Morgan fingerprint density at radius 1 is 0.960 bits per heavy atom. The fourth-order valence-electron chi connectivity index (χ4n) is 2.23. The van der Waals surface area contributed by atoms with E-state index in [-0.39, 0.29) is 11.9 Å². The summed E-state index contributed by atoms with van der Waals surface area (Å²) < 4.78 is 1.64. The number of nitrogens with zero attached hydrogens (tertiary/aromatic N) is 2. The van der Waals surface area contributed by atoms with Crippen LogP contribution in [0, 0.1) is 0 Å². The summed E-state index contributed by atoms with van der Waals surface area (Å²) in [5.74, 6) is -0.278. The van der Waals surface area contributed by atoms with Gasteiger partial charge in [0.15, 0.2) is 0 Å². The van der Waals surface area contributed by atoms with Gasteiger partial charge < -0.3 is 16.0 Å². The lowest BCUT2D eigenvalue weighted by Gasteiger charge is -2.07. The molecule has 7 heteroatoms. The van der Waals surface area contributed by atoms with Crippen LogP contribution >= 0.6 is 0 Å². The van der Waals surface area contributed by atoms with Crippen molar-refractivity contribution in [3.05, 3.63) is 72.6 Å². The lowest BCUT2D eigenvalue weighted by Crippen LogP contribution is -2.24. The predicted molar refractivity (Wildman–Crippen MR) is 96.0 cm³/mol. The van der Waals surface area contributed by atoms with Crippen molar-refractivity contribution in [1.29, 1.82) is 0 Å². The average molecular weight is 335 g/mol. The number of para-hydroxylation sites is 1. The molecule has 0 bridgehead atoms. The summed E-state index contributed by atoms with van der Waals surface area (Å²) in [6.45, 7) is 0. The Bertz CT molecular complexity index is 889. The first kappa shape index (κ1) is 16.3. The minimum atomic E-state index is -0.326. The minimum absolute atomic E-state index is 0.278. The van der Waals surface area contributed by atoms with Crippen LogP contribution in [0.3, 0.4) is 0 Å². The molecule has 1 aromatic heterocycles. The van der Waals surface area contributed by atoms with Crippen molar-refractivity contribution < 1.29 is 9.59 Å². The monoisotopic (exact) mass is 335 g/mol. The summed E-state index contributed by atoms with van der Waals surface area (Å²) in [6.07, 6.45) is 3.17. The van der Waals surface area contributed by atoms with Gasteiger partial charge in [0.25, 0.3) is 5.91 Å². The first-order chi connectivity index (χ1) is 12.2. The maximum Gasteiger partial charge on any atom is 0.318 e. The number of carbonyl (C=O) groups excluding carboxylic acids is 2. The summed E-state index contributed by atoms with van der Waals surface area (Å²) >= 11 is 0. The van der Waals surface area contributed by atoms with Gasteiger partial charge in [-0.2, -0.15) is 5.10 Å². The lowest BCUT2D eigenvalue weighted by atomic mass is 10.2. The molecule has 0 radical (unpaired) electrons. The molecular formula is C18H17N5O2. The second kappa shape index (κ2) is 7.31. The van der Waals surface area contributed by atoms with Gasteiger partial charge in [-0.15, -0.1) is 0 Å². The minimum Gasteiger partial charge on any atom is -0.341 e. The van der Waals surface area contributed by atoms with Crippen molar-refractivity contribution in [1.82, 2.24) is 15.1 Å². The normalized spacial score (nSPS) is 10.1. The summed E-state index contributed by atoms with van der Waals surface area (Å²) in [6, 6.07) is 16.1. The number of hydrogen-bond donors (Lipinski definition) is 3. The number of anilines is 2. The molecule has 0 saturated heterocycles. The van der Waals surface area contributed by atoms with Crippen LogP contribution in [-0.4, -0.2) is 28.8 Å². The SMILES string of the molecule is CNC(=O)Nc1cccc(NC(=O)c2cnn(-c3ccccc3)c2)c1. The van der Waals surface area contributed by atoms with Crippen molar-refractivity contribution in [2.45, 2.75) is 0 Å². The number of benzene rings is 2. The highest BCUT2D eigenvalue weighted by molar-refractivity contribution is 6.04. The summed E-state index contributed by atoms with van der Waals surface area (Å²) in [7, 11) is 1.53. The molecule has 0 saturated carbocycles. The number of aromatic nitrogens is 2. The summed E-state index contributed by atoms with van der Waals surface area (Å²) in [5.41, 5.74) is 2.47. The van der Waals surface area contributed by atoms with Gasteiger partial charge in [-0.1, -0.05) is 24.3 Å². The fourth-order valence-corrected chi connectivity index (χ4v) is 2.23. The van der Waals surface area contributed by atoms with Crippen LogP contribution in [0.2, 0.25) is 0 Å². The molecule has 25 heavy (non-hydrogen) atoms. The average Bonchev–Trinajstić information content (AvgIpc) is 3.13. The van der Waals surface area contributed by atoms with Gasteiger partial charge in [0, 0.05) is 24.6 Å². The third-order valence-corrected chi connectivity index (χ3v) is 3.47. The first-order valence-electron chi connectivity index (χ1n) is 7.66. The number of carbonyl (C=O) groups is 2. The molecular weight excluding hydrogens is 318 g/mol. The molecule has 0 unspecified atom stereocenters. The third kappa shape index (κ3) is 4.03. The quantitative estimate of drug-likeness (QED) is 0.685. The summed E-state index contributed by atoms with van der Waals surface area (Å²) in [4.78, 5) is 23.7. The molecule has 1 heterocycles. The van der Waals surface area contributed by atoms with Crippen LogP contribution in [0.25, 0.3) is 5.69 Å². The highest BCUT2D eigenvalue weighted by Crippen LogP contribution is 2.16. The summed E-state index contributed by atoms with van der Waals surface area (Å²) in [5, 5.41) is 12.1. The highest BCUT2D eigenvalue weighted by Gasteiger charge is 2.10. The van der Waals surface area contributed by atoms with Gasteiger partial charge in [0.05, 0.1) is 17.4 Å². The molecule has 2 aromatic carbocycles. The van der Waals surface area contributed by atoms with Crippen molar-refractivity contribution in [2.24, 2.45) is 0 Å². The van der Waals surface area contributed by atoms with E-state index >= 15 is 0 Å². The molecule has 0 aliphatic rings. The Kier molecular flexibility index (Phi) is 4.75. The second-order valence-electron chi connectivity index (χ2n) is 5.25. The third-order valence-electron chi connectivity index (χ3n) is 3.47. The van der Waals surface area contributed by atoms with Crippen LogP contribution in [-0.2, 0) is 0 Å². The highest BCUT2D eigenvalue weighted by atomic mass is 16.2. The molecule has 3 amide bonds. The Morgan fingerprint density at radius 3 is 2.40 bits per heavy atom. The second-order valence-corrected chi connectivity index (χ2v) is 5.25. The predicted octanol–water partition coefficient (Wildman–Crippen LogP) is 2.88. The Balaban J connectivity index is 1.71. The van der Waals surface area contributed by atoms with E-state index in [2.05, 4.69) is 21.0 Å². The van der Waals surface area contributed by atoms with E-state index < -0.39 is 0 Å². The Morgan fingerprint density at radius 2 is 1.68 bits per heavy atom.